The zero-order valence-electron chi connectivity index (χ0n) is 16.6. The second kappa shape index (κ2) is 10.2. The third kappa shape index (κ3) is 6.14. The molecule has 0 bridgehead atoms. The molecule has 2 aromatic rings. The van der Waals surface area contributed by atoms with Gasteiger partial charge in [0.1, 0.15) is 5.76 Å². The summed E-state index contributed by atoms with van der Waals surface area (Å²) in [5.41, 5.74) is 2.58. The van der Waals surface area contributed by atoms with E-state index in [0.717, 1.165) is 31.4 Å². The molecule has 5 heteroatoms. The Morgan fingerprint density at radius 3 is 2.59 bits per heavy atom. The third-order valence-corrected chi connectivity index (χ3v) is 5.01. The van der Waals surface area contributed by atoms with E-state index in [1.165, 1.54) is 36.8 Å². The molecule has 1 heterocycles. The van der Waals surface area contributed by atoms with Crippen LogP contribution in [0.15, 0.2) is 52.1 Å². The minimum absolute atomic E-state index is 0.567. The van der Waals surface area contributed by atoms with Crippen molar-refractivity contribution in [1.29, 1.82) is 0 Å². The monoisotopic (exact) mass is 368 g/mol. The lowest BCUT2D eigenvalue weighted by atomic mass is 10.1. The molecule has 0 aliphatic heterocycles. The summed E-state index contributed by atoms with van der Waals surface area (Å²) in [5, 5.41) is 6.98. The largest absolute Gasteiger partial charge is 0.468 e. The minimum atomic E-state index is 0.567. The Balaban J connectivity index is 1.62. The molecule has 2 N–H and O–H groups in total. The van der Waals surface area contributed by atoms with Crippen LogP contribution in [-0.4, -0.2) is 30.5 Å². The summed E-state index contributed by atoms with van der Waals surface area (Å²) in [6, 6.07) is 13.1. The van der Waals surface area contributed by atoms with Crippen LogP contribution in [0.5, 0.6) is 0 Å². The SMILES string of the molecule is CCNC(=NCc1ccccc1CN(C)Cc1ccco1)NC1CCCC1. The van der Waals surface area contributed by atoms with Gasteiger partial charge in [0.05, 0.1) is 19.4 Å². The standard InChI is InChI=1S/C22H32N4O/c1-3-23-22(25-20-11-6-7-12-20)24-15-18-9-4-5-10-19(18)16-26(2)17-21-13-8-14-27-21/h4-5,8-10,13-14,20H,3,6-7,11-12,15-17H2,1-2H3,(H2,23,24,25). The number of nitrogens with one attached hydrogen (secondary N) is 2. The van der Waals surface area contributed by atoms with Gasteiger partial charge < -0.3 is 15.1 Å². The summed E-state index contributed by atoms with van der Waals surface area (Å²) in [6.45, 7) is 5.36. The van der Waals surface area contributed by atoms with Gasteiger partial charge in [-0.3, -0.25) is 4.90 Å². The maximum atomic E-state index is 5.46. The van der Waals surface area contributed by atoms with Crippen molar-refractivity contribution in [3.05, 3.63) is 59.5 Å². The maximum absolute atomic E-state index is 5.46. The number of rotatable bonds is 8. The van der Waals surface area contributed by atoms with Gasteiger partial charge in [0.2, 0.25) is 0 Å². The van der Waals surface area contributed by atoms with Crippen molar-refractivity contribution in [2.45, 2.75) is 58.3 Å². The van der Waals surface area contributed by atoms with Crippen LogP contribution in [0.3, 0.4) is 0 Å². The van der Waals surface area contributed by atoms with E-state index in [1.54, 1.807) is 6.26 Å². The third-order valence-electron chi connectivity index (χ3n) is 5.01. The molecule has 1 fully saturated rings. The number of guanidine groups is 1. The molecule has 146 valence electrons. The number of aliphatic imine (C=N–C) groups is 1. The first kappa shape index (κ1) is 19.5. The lowest BCUT2D eigenvalue weighted by Gasteiger charge is -2.19. The van der Waals surface area contributed by atoms with Crippen LogP contribution in [0.2, 0.25) is 0 Å². The predicted octanol–water partition coefficient (Wildman–Crippen LogP) is 3.91. The van der Waals surface area contributed by atoms with Crippen LogP contribution < -0.4 is 10.6 Å². The van der Waals surface area contributed by atoms with Crippen molar-refractivity contribution in [2.75, 3.05) is 13.6 Å². The molecule has 3 rings (SSSR count). The highest BCUT2D eigenvalue weighted by molar-refractivity contribution is 5.80. The first-order chi connectivity index (χ1) is 13.2. The summed E-state index contributed by atoms with van der Waals surface area (Å²) >= 11 is 0. The average molecular weight is 369 g/mol. The van der Waals surface area contributed by atoms with E-state index in [0.29, 0.717) is 12.6 Å². The lowest BCUT2D eigenvalue weighted by Crippen LogP contribution is -2.42. The normalized spacial score (nSPS) is 15.4. The highest BCUT2D eigenvalue weighted by Crippen LogP contribution is 2.18. The van der Waals surface area contributed by atoms with Gasteiger partial charge in [-0.05, 0) is 50.1 Å². The number of furan rings is 1. The zero-order valence-corrected chi connectivity index (χ0v) is 16.6. The molecular formula is C22H32N4O. The Bertz CT molecular complexity index is 705. The van der Waals surface area contributed by atoms with Crippen molar-refractivity contribution >= 4 is 5.96 Å². The zero-order chi connectivity index (χ0) is 18.9. The fraction of sp³-hybridized carbons (Fsp3) is 0.500. The van der Waals surface area contributed by atoms with Crippen molar-refractivity contribution in [1.82, 2.24) is 15.5 Å². The smallest absolute Gasteiger partial charge is 0.191 e. The molecule has 0 amide bonds. The molecule has 0 saturated heterocycles. The molecule has 0 unspecified atom stereocenters. The first-order valence-electron chi connectivity index (χ1n) is 10.1. The summed E-state index contributed by atoms with van der Waals surface area (Å²) in [5.74, 6) is 1.92. The Labute approximate surface area is 162 Å². The molecule has 1 aliphatic carbocycles. The van der Waals surface area contributed by atoms with E-state index in [4.69, 9.17) is 9.41 Å². The van der Waals surface area contributed by atoms with Crippen LogP contribution in [-0.2, 0) is 19.6 Å². The van der Waals surface area contributed by atoms with Crippen LogP contribution in [0, 0.1) is 0 Å². The van der Waals surface area contributed by atoms with Gasteiger partial charge in [-0.2, -0.15) is 0 Å². The van der Waals surface area contributed by atoms with Crippen molar-refractivity contribution in [2.24, 2.45) is 4.99 Å². The Hall–Kier alpha value is -2.27. The van der Waals surface area contributed by atoms with E-state index >= 15 is 0 Å². The summed E-state index contributed by atoms with van der Waals surface area (Å²) in [7, 11) is 2.12. The first-order valence-corrected chi connectivity index (χ1v) is 10.1. The fourth-order valence-corrected chi connectivity index (χ4v) is 3.63. The summed E-state index contributed by atoms with van der Waals surface area (Å²) < 4.78 is 5.46. The molecule has 0 atom stereocenters. The van der Waals surface area contributed by atoms with Crippen LogP contribution in [0.25, 0.3) is 0 Å². The topological polar surface area (TPSA) is 52.8 Å². The molecule has 1 saturated carbocycles. The molecule has 0 spiro atoms. The van der Waals surface area contributed by atoms with E-state index < -0.39 is 0 Å². The Kier molecular flexibility index (Phi) is 7.34. The van der Waals surface area contributed by atoms with Crippen molar-refractivity contribution in [3.8, 4) is 0 Å². The molecule has 1 aromatic carbocycles. The van der Waals surface area contributed by atoms with Crippen LogP contribution >= 0.6 is 0 Å². The Morgan fingerprint density at radius 2 is 1.89 bits per heavy atom. The van der Waals surface area contributed by atoms with E-state index in [-0.39, 0.29) is 0 Å². The molecule has 5 nitrogen and oxygen atoms in total. The predicted molar refractivity (Wildman–Crippen MR) is 111 cm³/mol. The summed E-state index contributed by atoms with van der Waals surface area (Å²) in [6.07, 6.45) is 6.87. The van der Waals surface area contributed by atoms with E-state index in [1.807, 2.05) is 12.1 Å². The van der Waals surface area contributed by atoms with Crippen molar-refractivity contribution in [3.63, 3.8) is 0 Å². The number of benzene rings is 1. The molecular weight excluding hydrogens is 336 g/mol. The van der Waals surface area contributed by atoms with E-state index in [9.17, 15) is 0 Å². The summed E-state index contributed by atoms with van der Waals surface area (Å²) in [4.78, 5) is 7.12. The molecule has 27 heavy (non-hydrogen) atoms. The Morgan fingerprint density at radius 1 is 1.11 bits per heavy atom. The molecule has 1 aliphatic rings. The highest BCUT2D eigenvalue weighted by atomic mass is 16.3. The average Bonchev–Trinajstić information content (AvgIpc) is 3.35. The quantitative estimate of drug-likeness (QED) is 0.548. The maximum Gasteiger partial charge on any atom is 0.191 e. The van der Waals surface area contributed by atoms with E-state index in [2.05, 4.69) is 53.8 Å². The second-order valence-electron chi connectivity index (χ2n) is 7.34. The number of hydrogen-bond acceptors (Lipinski definition) is 3. The van der Waals surface area contributed by atoms with Gasteiger partial charge in [0.25, 0.3) is 0 Å². The lowest BCUT2D eigenvalue weighted by molar-refractivity contribution is 0.287. The second-order valence-corrected chi connectivity index (χ2v) is 7.34. The van der Waals surface area contributed by atoms with Gasteiger partial charge >= 0.3 is 0 Å². The van der Waals surface area contributed by atoms with Crippen LogP contribution in [0.4, 0.5) is 0 Å². The fourth-order valence-electron chi connectivity index (χ4n) is 3.63. The van der Waals surface area contributed by atoms with Gasteiger partial charge in [0, 0.05) is 19.1 Å². The number of hydrogen-bond donors (Lipinski definition) is 2. The van der Waals surface area contributed by atoms with Gasteiger partial charge in [-0.1, -0.05) is 37.1 Å². The highest BCUT2D eigenvalue weighted by Gasteiger charge is 2.16. The number of nitrogens with zero attached hydrogens (tertiary/aromatic N) is 2. The van der Waals surface area contributed by atoms with Gasteiger partial charge in [0.15, 0.2) is 5.96 Å². The van der Waals surface area contributed by atoms with Crippen LogP contribution in [0.1, 0.15) is 49.5 Å². The molecule has 1 aromatic heterocycles. The van der Waals surface area contributed by atoms with Crippen molar-refractivity contribution < 1.29 is 4.42 Å². The van der Waals surface area contributed by atoms with Gasteiger partial charge in [-0.15, -0.1) is 0 Å². The minimum Gasteiger partial charge on any atom is -0.468 e. The van der Waals surface area contributed by atoms with Gasteiger partial charge in [-0.25, -0.2) is 4.99 Å². The molecule has 0 radical (unpaired) electrons.